The maximum Gasteiger partial charge on any atom is 0.226 e. The van der Waals surface area contributed by atoms with Gasteiger partial charge in [0, 0.05) is 6.42 Å². The van der Waals surface area contributed by atoms with E-state index in [9.17, 15) is 0 Å². The second kappa shape index (κ2) is 7.64. The van der Waals surface area contributed by atoms with Crippen molar-refractivity contribution >= 4 is 0 Å². The number of methoxy groups -OCH3 is 1. The summed E-state index contributed by atoms with van der Waals surface area (Å²) in [6.07, 6.45) is 2.54. The van der Waals surface area contributed by atoms with Crippen LogP contribution in [0.5, 0.6) is 11.5 Å². The Balaban J connectivity index is 2.04. The molecule has 0 saturated heterocycles. The molecule has 21 heavy (non-hydrogen) atoms. The molecule has 0 bridgehead atoms. The summed E-state index contributed by atoms with van der Waals surface area (Å²) < 4.78 is 16.2. The van der Waals surface area contributed by atoms with E-state index in [1.54, 1.807) is 7.11 Å². The zero-order valence-electron chi connectivity index (χ0n) is 12.5. The summed E-state index contributed by atoms with van der Waals surface area (Å²) in [4.78, 5) is 4.27. The van der Waals surface area contributed by atoms with Crippen LogP contribution in [0.25, 0.3) is 0 Å². The lowest BCUT2D eigenvalue weighted by Crippen LogP contribution is -2.04. The third-order valence-electron chi connectivity index (χ3n) is 2.99. The van der Waals surface area contributed by atoms with Gasteiger partial charge in [0.2, 0.25) is 11.7 Å². The predicted molar refractivity (Wildman–Crippen MR) is 78.4 cm³/mol. The van der Waals surface area contributed by atoms with Crippen molar-refractivity contribution in [2.45, 2.75) is 32.8 Å². The third kappa shape index (κ3) is 4.19. The summed E-state index contributed by atoms with van der Waals surface area (Å²) in [6.45, 7) is 2.90. The van der Waals surface area contributed by atoms with Gasteiger partial charge < -0.3 is 19.7 Å². The zero-order chi connectivity index (χ0) is 15.1. The van der Waals surface area contributed by atoms with E-state index in [1.165, 1.54) is 0 Å². The highest BCUT2D eigenvalue weighted by molar-refractivity contribution is 5.43. The molecule has 0 radical (unpaired) electrons. The zero-order valence-corrected chi connectivity index (χ0v) is 12.5. The fourth-order valence-electron chi connectivity index (χ4n) is 1.96. The number of aryl methyl sites for hydroxylation is 1. The standard InChI is InChI=1S/C15H21N3O3/c1-3-4-15-17-14(18-21-15)10-20-13-9-11(7-8-16)5-6-12(13)19-2/h5-6,9H,3-4,7-8,10,16H2,1-2H3. The lowest BCUT2D eigenvalue weighted by atomic mass is 10.1. The van der Waals surface area contributed by atoms with Gasteiger partial charge in [-0.1, -0.05) is 18.1 Å². The van der Waals surface area contributed by atoms with Crippen molar-refractivity contribution in [2.24, 2.45) is 5.73 Å². The van der Waals surface area contributed by atoms with E-state index in [0.717, 1.165) is 24.8 Å². The summed E-state index contributed by atoms with van der Waals surface area (Å²) >= 11 is 0. The van der Waals surface area contributed by atoms with Gasteiger partial charge in [0.15, 0.2) is 18.1 Å². The molecule has 0 spiro atoms. The number of rotatable bonds is 8. The summed E-state index contributed by atoms with van der Waals surface area (Å²) in [5.41, 5.74) is 6.68. The number of aromatic nitrogens is 2. The molecule has 0 aliphatic heterocycles. The van der Waals surface area contributed by atoms with Gasteiger partial charge in [0.25, 0.3) is 0 Å². The van der Waals surface area contributed by atoms with E-state index in [2.05, 4.69) is 17.1 Å². The topological polar surface area (TPSA) is 83.4 Å². The van der Waals surface area contributed by atoms with Crippen molar-refractivity contribution in [2.75, 3.05) is 13.7 Å². The SMILES string of the molecule is CCCc1nc(COc2cc(CCN)ccc2OC)no1. The molecule has 1 aromatic carbocycles. The molecule has 6 heteroatoms. The second-order valence-corrected chi connectivity index (χ2v) is 4.67. The van der Waals surface area contributed by atoms with Crippen LogP contribution in [0.3, 0.4) is 0 Å². The van der Waals surface area contributed by atoms with Gasteiger partial charge in [-0.05, 0) is 37.1 Å². The Hall–Kier alpha value is -2.08. The average Bonchev–Trinajstić information content (AvgIpc) is 2.94. The molecular formula is C15H21N3O3. The second-order valence-electron chi connectivity index (χ2n) is 4.67. The normalized spacial score (nSPS) is 10.6. The highest BCUT2D eigenvalue weighted by atomic mass is 16.5. The molecule has 1 heterocycles. The first-order chi connectivity index (χ1) is 10.3. The van der Waals surface area contributed by atoms with Crippen LogP contribution in [-0.4, -0.2) is 23.8 Å². The first-order valence-corrected chi connectivity index (χ1v) is 7.08. The molecule has 114 valence electrons. The summed E-state index contributed by atoms with van der Waals surface area (Å²) in [6, 6.07) is 5.78. The van der Waals surface area contributed by atoms with Crippen LogP contribution in [0, 0.1) is 0 Å². The van der Waals surface area contributed by atoms with Crippen LogP contribution < -0.4 is 15.2 Å². The van der Waals surface area contributed by atoms with Crippen LogP contribution in [0.15, 0.2) is 22.7 Å². The number of nitrogens with two attached hydrogens (primary N) is 1. The van der Waals surface area contributed by atoms with Crippen LogP contribution >= 0.6 is 0 Å². The third-order valence-corrected chi connectivity index (χ3v) is 2.99. The van der Waals surface area contributed by atoms with Gasteiger partial charge >= 0.3 is 0 Å². The Labute approximate surface area is 124 Å². The van der Waals surface area contributed by atoms with Crippen LogP contribution in [0.2, 0.25) is 0 Å². The molecule has 0 amide bonds. The number of nitrogens with zero attached hydrogens (tertiary/aromatic N) is 2. The molecule has 0 aliphatic carbocycles. The maximum atomic E-state index is 5.74. The van der Waals surface area contributed by atoms with Crippen molar-refractivity contribution in [1.29, 1.82) is 0 Å². The Kier molecular flexibility index (Phi) is 5.57. The van der Waals surface area contributed by atoms with Crippen molar-refractivity contribution in [1.82, 2.24) is 10.1 Å². The quantitative estimate of drug-likeness (QED) is 0.802. The Morgan fingerprint density at radius 2 is 2.10 bits per heavy atom. The Morgan fingerprint density at radius 1 is 1.24 bits per heavy atom. The minimum absolute atomic E-state index is 0.246. The smallest absolute Gasteiger partial charge is 0.226 e. The predicted octanol–water partition coefficient (Wildman–Crippen LogP) is 2.11. The molecule has 0 fully saturated rings. The van der Waals surface area contributed by atoms with Crippen molar-refractivity contribution in [3.05, 3.63) is 35.5 Å². The van der Waals surface area contributed by atoms with E-state index < -0.39 is 0 Å². The number of hydrogen-bond donors (Lipinski definition) is 1. The monoisotopic (exact) mass is 291 g/mol. The molecule has 0 unspecified atom stereocenters. The average molecular weight is 291 g/mol. The lowest BCUT2D eigenvalue weighted by Gasteiger charge is -2.10. The van der Waals surface area contributed by atoms with Gasteiger partial charge in [0.05, 0.1) is 7.11 Å². The number of hydrogen-bond acceptors (Lipinski definition) is 6. The molecule has 2 rings (SSSR count). The van der Waals surface area contributed by atoms with Crippen LogP contribution in [0.4, 0.5) is 0 Å². The van der Waals surface area contributed by atoms with Gasteiger partial charge in [-0.2, -0.15) is 4.98 Å². The van der Waals surface area contributed by atoms with Crippen molar-refractivity contribution < 1.29 is 14.0 Å². The van der Waals surface area contributed by atoms with Crippen molar-refractivity contribution in [3.63, 3.8) is 0 Å². The molecular weight excluding hydrogens is 270 g/mol. The molecule has 2 aromatic rings. The minimum Gasteiger partial charge on any atom is -0.493 e. The van der Waals surface area contributed by atoms with E-state index in [1.807, 2.05) is 18.2 Å². The van der Waals surface area contributed by atoms with E-state index in [4.69, 9.17) is 19.7 Å². The largest absolute Gasteiger partial charge is 0.493 e. The summed E-state index contributed by atoms with van der Waals surface area (Å²) in [5.74, 6) is 2.50. The molecule has 1 aromatic heterocycles. The number of benzene rings is 1. The Bertz CT molecular complexity index is 569. The van der Waals surface area contributed by atoms with Gasteiger partial charge in [-0.25, -0.2) is 0 Å². The Morgan fingerprint density at radius 3 is 2.81 bits per heavy atom. The van der Waals surface area contributed by atoms with E-state index in [-0.39, 0.29) is 6.61 Å². The van der Waals surface area contributed by atoms with Crippen LogP contribution in [0.1, 0.15) is 30.6 Å². The van der Waals surface area contributed by atoms with Crippen molar-refractivity contribution in [3.8, 4) is 11.5 Å². The maximum absolute atomic E-state index is 5.74. The van der Waals surface area contributed by atoms with E-state index in [0.29, 0.717) is 29.8 Å². The van der Waals surface area contributed by atoms with Gasteiger partial charge in [0.1, 0.15) is 0 Å². The lowest BCUT2D eigenvalue weighted by molar-refractivity contribution is 0.268. The molecule has 0 atom stereocenters. The summed E-state index contributed by atoms with van der Waals surface area (Å²) in [5, 5.41) is 3.89. The fraction of sp³-hybridized carbons (Fsp3) is 0.467. The first kappa shape index (κ1) is 15.3. The molecule has 0 aliphatic rings. The highest BCUT2D eigenvalue weighted by Crippen LogP contribution is 2.28. The van der Waals surface area contributed by atoms with Gasteiger partial charge in [-0.3, -0.25) is 0 Å². The summed E-state index contributed by atoms with van der Waals surface area (Å²) in [7, 11) is 1.61. The molecule has 6 nitrogen and oxygen atoms in total. The number of ether oxygens (including phenoxy) is 2. The minimum atomic E-state index is 0.246. The highest BCUT2D eigenvalue weighted by Gasteiger charge is 2.09. The van der Waals surface area contributed by atoms with Crippen LogP contribution in [-0.2, 0) is 19.4 Å². The first-order valence-electron chi connectivity index (χ1n) is 7.08. The van der Waals surface area contributed by atoms with E-state index >= 15 is 0 Å². The van der Waals surface area contributed by atoms with Gasteiger partial charge in [-0.15, -0.1) is 0 Å². The molecule has 0 saturated carbocycles. The molecule has 2 N–H and O–H groups in total. The fourth-order valence-corrected chi connectivity index (χ4v) is 1.96.